The van der Waals surface area contributed by atoms with Gasteiger partial charge >= 0.3 is 5.97 Å². The normalized spacial score (nSPS) is 30.0. The van der Waals surface area contributed by atoms with E-state index in [2.05, 4.69) is 6.58 Å². The number of esters is 1. The van der Waals surface area contributed by atoms with Crippen LogP contribution in [0.25, 0.3) is 0 Å². The molecular formula is C17H20O4. The smallest absolute Gasteiger partial charge is 0.330 e. The monoisotopic (exact) mass is 288 g/mol. The highest BCUT2D eigenvalue weighted by molar-refractivity contribution is 5.81. The zero-order valence-electron chi connectivity index (χ0n) is 12.2. The van der Waals surface area contributed by atoms with Crippen LogP contribution in [0.5, 0.6) is 5.75 Å². The van der Waals surface area contributed by atoms with Gasteiger partial charge in [-0.3, -0.25) is 0 Å². The highest BCUT2D eigenvalue weighted by Gasteiger charge is 2.61. The molecule has 1 heterocycles. The Hall–Kier alpha value is -1.81. The number of aryl methyl sites for hydroxylation is 1. The summed E-state index contributed by atoms with van der Waals surface area (Å²) in [6.07, 6.45) is 4.31. The summed E-state index contributed by atoms with van der Waals surface area (Å²) in [7, 11) is 0. The van der Waals surface area contributed by atoms with Gasteiger partial charge in [-0.25, -0.2) is 4.79 Å². The summed E-state index contributed by atoms with van der Waals surface area (Å²) in [6.45, 7) is 5.49. The van der Waals surface area contributed by atoms with Gasteiger partial charge in [-0.1, -0.05) is 31.2 Å². The minimum Gasteiger partial charge on any atom is -0.461 e. The van der Waals surface area contributed by atoms with Crippen LogP contribution in [0.3, 0.4) is 0 Å². The lowest BCUT2D eigenvalue weighted by atomic mass is 9.66. The van der Waals surface area contributed by atoms with Gasteiger partial charge in [-0.2, -0.15) is 0 Å². The lowest BCUT2D eigenvalue weighted by molar-refractivity contribution is -0.206. The van der Waals surface area contributed by atoms with Crippen LogP contribution in [-0.4, -0.2) is 23.5 Å². The van der Waals surface area contributed by atoms with E-state index in [4.69, 9.17) is 9.47 Å². The topological polar surface area (TPSA) is 55.8 Å². The maximum absolute atomic E-state index is 11.5. The van der Waals surface area contributed by atoms with E-state index in [1.54, 1.807) is 0 Å². The molecule has 112 valence electrons. The van der Waals surface area contributed by atoms with Crippen molar-refractivity contribution in [3.05, 3.63) is 42.0 Å². The third-order valence-corrected chi connectivity index (χ3v) is 4.74. The maximum atomic E-state index is 11.5. The van der Waals surface area contributed by atoms with E-state index >= 15 is 0 Å². The SMILES string of the molecule is C=CC(=O)OCC12CCCCC1(O)Oc1c(C)cccc12. The van der Waals surface area contributed by atoms with Crippen LogP contribution in [0, 0.1) is 6.92 Å². The number of fused-ring (bicyclic) bond motifs is 3. The van der Waals surface area contributed by atoms with Crippen molar-refractivity contribution in [3.8, 4) is 5.75 Å². The number of para-hydroxylation sites is 1. The highest BCUT2D eigenvalue weighted by Crippen LogP contribution is 2.56. The Labute approximate surface area is 124 Å². The second kappa shape index (κ2) is 4.88. The summed E-state index contributed by atoms with van der Waals surface area (Å²) < 4.78 is 11.2. The molecule has 0 radical (unpaired) electrons. The number of carbonyl (C=O) groups is 1. The van der Waals surface area contributed by atoms with Gasteiger partial charge in [-0.15, -0.1) is 0 Å². The van der Waals surface area contributed by atoms with Gasteiger partial charge in [0.05, 0.1) is 5.41 Å². The molecule has 0 aromatic heterocycles. The van der Waals surface area contributed by atoms with Gasteiger partial charge in [-0.05, 0) is 25.3 Å². The van der Waals surface area contributed by atoms with Gasteiger partial charge in [0, 0.05) is 18.1 Å². The number of hydrogen-bond acceptors (Lipinski definition) is 4. The van der Waals surface area contributed by atoms with E-state index in [-0.39, 0.29) is 6.61 Å². The van der Waals surface area contributed by atoms with E-state index in [0.717, 1.165) is 42.2 Å². The lowest BCUT2D eigenvalue weighted by Gasteiger charge is -2.43. The fraction of sp³-hybridized carbons (Fsp3) is 0.471. The molecule has 1 aliphatic heterocycles. The predicted molar refractivity (Wildman–Crippen MR) is 78.1 cm³/mol. The molecule has 0 saturated heterocycles. The first kappa shape index (κ1) is 14.1. The molecule has 1 aromatic rings. The standard InChI is InChI=1S/C17H20O4/c1-3-14(18)20-11-16-9-4-5-10-17(16,19)21-15-12(2)7-6-8-13(15)16/h3,6-8,19H,1,4-5,9-11H2,2H3. The number of benzene rings is 1. The van der Waals surface area contributed by atoms with Crippen molar-refractivity contribution in [2.75, 3.05) is 6.61 Å². The zero-order chi connectivity index (χ0) is 15.1. The van der Waals surface area contributed by atoms with E-state index in [9.17, 15) is 9.90 Å². The lowest BCUT2D eigenvalue weighted by Crippen LogP contribution is -2.56. The Bertz CT molecular complexity index is 594. The van der Waals surface area contributed by atoms with Gasteiger partial charge < -0.3 is 14.6 Å². The third kappa shape index (κ3) is 1.97. The van der Waals surface area contributed by atoms with Gasteiger partial charge in [0.1, 0.15) is 12.4 Å². The summed E-state index contributed by atoms with van der Waals surface area (Å²) in [5, 5.41) is 11.1. The molecule has 1 N–H and O–H groups in total. The molecule has 21 heavy (non-hydrogen) atoms. The molecule has 1 aromatic carbocycles. The summed E-state index contributed by atoms with van der Waals surface area (Å²) in [4.78, 5) is 11.5. The Morgan fingerprint density at radius 3 is 3.00 bits per heavy atom. The summed E-state index contributed by atoms with van der Waals surface area (Å²) in [5.41, 5.74) is 1.26. The molecule has 2 aliphatic rings. The number of hydrogen-bond donors (Lipinski definition) is 1. The van der Waals surface area contributed by atoms with Crippen molar-refractivity contribution in [1.29, 1.82) is 0 Å². The van der Waals surface area contributed by atoms with Crippen molar-refractivity contribution in [1.82, 2.24) is 0 Å². The van der Waals surface area contributed by atoms with E-state index in [1.165, 1.54) is 0 Å². The molecule has 1 saturated carbocycles. The third-order valence-electron chi connectivity index (χ3n) is 4.74. The van der Waals surface area contributed by atoms with Crippen LogP contribution in [0.15, 0.2) is 30.9 Å². The van der Waals surface area contributed by atoms with Crippen LogP contribution in [0.2, 0.25) is 0 Å². The molecule has 1 aliphatic carbocycles. The van der Waals surface area contributed by atoms with E-state index in [1.807, 2.05) is 25.1 Å². The van der Waals surface area contributed by atoms with Gasteiger partial charge in [0.2, 0.25) is 5.79 Å². The van der Waals surface area contributed by atoms with E-state index in [0.29, 0.717) is 6.42 Å². The Morgan fingerprint density at radius 1 is 1.48 bits per heavy atom. The molecular weight excluding hydrogens is 268 g/mol. The molecule has 2 unspecified atom stereocenters. The molecule has 3 rings (SSSR count). The Kier molecular flexibility index (Phi) is 3.29. The average molecular weight is 288 g/mol. The van der Waals surface area contributed by atoms with Crippen LogP contribution >= 0.6 is 0 Å². The fourth-order valence-corrected chi connectivity index (χ4v) is 3.57. The van der Waals surface area contributed by atoms with Crippen molar-refractivity contribution in [3.63, 3.8) is 0 Å². The minimum absolute atomic E-state index is 0.116. The Balaban J connectivity index is 2.06. The first-order valence-electron chi connectivity index (χ1n) is 7.33. The average Bonchev–Trinajstić information content (AvgIpc) is 2.75. The molecule has 1 fully saturated rings. The van der Waals surface area contributed by atoms with Crippen LogP contribution in [-0.2, 0) is 14.9 Å². The van der Waals surface area contributed by atoms with Crippen molar-refractivity contribution < 1.29 is 19.4 Å². The second-order valence-electron chi connectivity index (χ2n) is 5.94. The largest absolute Gasteiger partial charge is 0.461 e. The second-order valence-corrected chi connectivity index (χ2v) is 5.94. The summed E-state index contributed by atoms with van der Waals surface area (Å²) >= 11 is 0. The van der Waals surface area contributed by atoms with Crippen molar-refractivity contribution in [2.45, 2.75) is 43.8 Å². The fourth-order valence-electron chi connectivity index (χ4n) is 3.57. The summed E-state index contributed by atoms with van der Waals surface area (Å²) in [5.74, 6) is -1.03. The first-order valence-corrected chi connectivity index (χ1v) is 7.33. The number of ether oxygens (including phenoxy) is 2. The molecule has 0 amide bonds. The number of rotatable bonds is 3. The molecule has 2 atom stereocenters. The summed E-state index contributed by atoms with van der Waals surface area (Å²) in [6, 6.07) is 5.88. The van der Waals surface area contributed by atoms with Crippen LogP contribution in [0.1, 0.15) is 36.8 Å². The van der Waals surface area contributed by atoms with Gasteiger partial charge in [0.25, 0.3) is 0 Å². The highest BCUT2D eigenvalue weighted by atomic mass is 16.6. The predicted octanol–water partition coefficient (Wildman–Crippen LogP) is 2.62. The quantitative estimate of drug-likeness (QED) is 0.686. The van der Waals surface area contributed by atoms with Gasteiger partial charge in [0.15, 0.2) is 0 Å². The molecule has 0 bridgehead atoms. The van der Waals surface area contributed by atoms with Crippen molar-refractivity contribution in [2.24, 2.45) is 0 Å². The first-order chi connectivity index (χ1) is 10.0. The molecule has 4 nitrogen and oxygen atoms in total. The minimum atomic E-state index is -1.29. The zero-order valence-corrected chi connectivity index (χ0v) is 12.2. The Morgan fingerprint density at radius 2 is 2.24 bits per heavy atom. The number of aliphatic hydroxyl groups is 1. The number of carbonyl (C=O) groups excluding carboxylic acids is 1. The van der Waals surface area contributed by atoms with Crippen LogP contribution in [0.4, 0.5) is 0 Å². The van der Waals surface area contributed by atoms with Crippen LogP contribution < -0.4 is 4.74 Å². The van der Waals surface area contributed by atoms with Crippen molar-refractivity contribution >= 4 is 5.97 Å². The molecule has 4 heteroatoms. The maximum Gasteiger partial charge on any atom is 0.330 e. The van der Waals surface area contributed by atoms with E-state index < -0.39 is 17.2 Å². The molecule has 0 spiro atoms.